The van der Waals surface area contributed by atoms with Gasteiger partial charge in [0.2, 0.25) is 5.91 Å². The molecule has 1 unspecified atom stereocenters. The van der Waals surface area contributed by atoms with E-state index in [1.807, 2.05) is 30.3 Å². The first kappa shape index (κ1) is 15.9. The van der Waals surface area contributed by atoms with Crippen LogP contribution in [0.2, 0.25) is 0 Å². The van der Waals surface area contributed by atoms with Crippen molar-refractivity contribution in [1.82, 2.24) is 10.6 Å². The van der Waals surface area contributed by atoms with Gasteiger partial charge in [-0.1, -0.05) is 44.2 Å². The van der Waals surface area contributed by atoms with Crippen LogP contribution in [-0.4, -0.2) is 31.0 Å². The standard InChI is InChI=1S/C16H22F2N2O/c1-15(2,8-12-6-4-3-5-7-12)10-20-14(21)13-9-16(17,18)11-19-13/h3-7,13,19H,8-11H2,1-2H3,(H,20,21). The van der Waals surface area contributed by atoms with Crippen LogP contribution in [0.5, 0.6) is 0 Å². The first-order valence-electron chi connectivity index (χ1n) is 7.20. The monoisotopic (exact) mass is 296 g/mol. The minimum Gasteiger partial charge on any atom is -0.354 e. The average Bonchev–Trinajstić information content (AvgIpc) is 2.77. The van der Waals surface area contributed by atoms with Crippen molar-refractivity contribution in [3.8, 4) is 0 Å². The fourth-order valence-corrected chi connectivity index (χ4v) is 2.56. The summed E-state index contributed by atoms with van der Waals surface area (Å²) in [5.41, 5.74) is 1.07. The Labute approximate surface area is 124 Å². The third-order valence-corrected chi connectivity index (χ3v) is 3.69. The summed E-state index contributed by atoms with van der Waals surface area (Å²) < 4.78 is 26.1. The van der Waals surface area contributed by atoms with Gasteiger partial charge in [0.05, 0.1) is 12.6 Å². The summed E-state index contributed by atoms with van der Waals surface area (Å²) >= 11 is 0. The Balaban J connectivity index is 1.83. The van der Waals surface area contributed by atoms with E-state index in [-0.39, 0.29) is 11.3 Å². The molecule has 1 amide bonds. The zero-order valence-electron chi connectivity index (χ0n) is 12.5. The molecule has 3 nitrogen and oxygen atoms in total. The van der Waals surface area contributed by atoms with Gasteiger partial charge in [0.15, 0.2) is 0 Å². The molecule has 0 spiro atoms. The summed E-state index contributed by atoms with van der Waals surface area (Å²) in [5.74, 6) is -3.12. The first-order chi connectivity index (χ1) is 9.77. The smallest absolute Gasteiger partial charge is 0.262 e. The van der Waals surface area contributed by atoms with Gasteiger partial charge in [-0.05, 0) is 17.4 Å². The van der Waals surface area contributed by atoms with Crippen LogP contribution >= 0.6 is 0 Å². The molecule has 116 valence electrons. The molecular formula is C16H22F2N2O. The summed E-state index contributed by atoms with van der Waals surface area (Å²) in [6.07, 6.45) is 0.403. The second-order valence-electron chi connectivity index (χ2n) is 6.54. The number of carbonyl (C=O) groups is 1. The fourth-order valence-electron chi connectivity index (χ4n) is 2.56. The Morgan fingerprint density at radius 3 is 2.62 bits per heavy atom. The second-order valence-corrected chi connectivity index (χ2v) is 6.54. The SMILES string of the molecule is CC(C)(CNC(=O)C1CC(F)(F)CN1)Cc1ccccc1. The van der Waals surface area contributed by atoms with Gasteiger partial charge in [-0.25, -0.2) is 8.78 Å². The van der Waals surface area contributed by atoms with Crippen molar-refractivity contribution in [2.45, 2.75) is 38.7 Å². The van der Waals surface area contributed by atoms with Crippen LogP contribution < -0.4 is 10.6 Å². The van der Waals surface area contributed by atoms with E-state index in [9.17, 15) is 13.6 Å². The van der Waals surface area contributed by atoms with Crippen LogP contribution in [-0.2, 0) is 11.2 Å². The molecule has 0 saturated carbocycles. The quantitative estimate of drug-likeness (QED) is 0.876. The van der Waals surface area contributed by atoms with Gasteiger partial charge in [0, 0.05) is 13.0 Å². The Morgan fingerprint density at radius 2 is 2.05 bits per heavy atom. The molecule has 0 aromatic heterocycles. The highest BCUT2D eigenvalue weighted by atomic mass is 19.3. The van der Waals surface area contributed by atoms with Crippen LogP contribution in [0.15, 0.2) is 30.3 Å². The zero-order chi connectivity index (χ0) is 15.5. The number of hydrogen-bond donors (Lipinski definition) is 2. The minimum absolute atomic E-state index is 0.127. The molecule has 1 aliphatic heterocycles. The molecule has 0 aliphatic carbocycles. The summed E-state index contributed by atoms with van der Waals surface area (Å²) in [6, 6.07) is 9.23. The molecule has 1 aromatic rings. The highest BCUT2D eigenvalue weighted by molar-refractivity contribution is 5.82. The van der Waals surface area contributed by atoms with Crippen molar-refractivity contribution < 1.29 is 13.6 Å². The lowest BCUT2D eigenvalue weighted by atomic mass is 9.85. The topological polar surface area (TPSA) is 41.1 Å². The van der Waals surface area contributed by atoms with Crippen molar-refractivity contribution in [3.05, 3.63) is 35.9 Å². The van der Waals surface area contributed by atoms with Crippen LogP contribution in [0.25, 0.3) is 0 Å². The third-order valence-electron chi connectivity index (χ3n) is 3.69. The predicted octanol–water partition coefficient (Wildman–Crippen LogP) is 2.37. The van der Waals surface area contributed by atoms with E-state index in [1.54, 1.807) is 0 Å². The van der Waals surface area contributed by atoms with Crippen molar-refractivity contribution in [2.24, 2.45) is 5.41 Å². The van der Waals surface area contributed by atoms with Crippen LogP contribution in [0.3, 0.4) is 0 Å². The van der Waals surface area contributed by atoms with E-state index in [2.05, 4.69) is 24.5 Å². The molecule has 5 heteroatoms. The Hall–Kier alpha value is -1.49. The van der Waals surface area contributed by atoms with E-state index in [0.29, 0.717) is 6.54 Å². The van der Waals surface area contributed by atoms with Crippen LogP contribution in [0, 0.1) is 5.41 Å². The lowest BCUT2D eigenvalue weighted by Crippen LogP contribution is -2.44. The van der Waals surface area contributed by atoms with E-state index < -0.39 is 24.9 Å². The number of carbonyl (C=O) groups excluding carboxylic acids is 1. The summed E-state index contributed by atoms with van der Waals surface area (Å²) in [4.78, 5) is 11.9. The molecule has 1 aliphatic rings. The molecule has 2 N–H and O–H groups in total. The molecule has 1 fully saturated rings. The highest BCUT2D eigenvalue weighted by Crippen LogP contribution is 2.25. The van der Waals surface area contributed by atoms with Gasteiger partial charge >= 0.3 is 0 Å². The summed E-state index contributed by atoms with van der Waals surface area (Å²) in [6.45, 7) is 4.15. The highest BCUT2D eigenvalue weighted by Gasteiger charge is 2.42. The molecule has 2 rings (SSSR count). The van der Waals surface area contributed by atoms with Gasteiger partial charge in [0.25, 0.3) is 5.92 Å². The Bertz CT molecular complexity index is 488. The number of halogens is 2. The lowest BCUT2D eigenvalue weighted by molar-refractivity contribution is -0.123. The summed E-state index contributed by atoms with van der Waals surface area (Å²) in [7, 11) is 0. The maximum atomic E-state index is 13.1. The molecule has 1 aromatic carbocycles. The largest absolute Gasteiger partial charge is 0.354 e. The number of rotatable bonds is 5. The number of amides is 1. The molecular weight excluding hydrogens is 274 g/mol. The van der Waals surface area contributed by atoms with Crippen molar-refractivity contribution >= 4 is 5.91 Å². The summed E-state index contributed by atoms with van der Waals surface area (Å²) in [5, 5.41) is 5.36. The molecule has 1 saturated heterocycles. The van der Waals surface area contributed by atoms with Crippen molar-refractivity contribution in [1.29, 1.82) is 0 Å². The van der Waals surface area contributed by atoms with Crippen LogP contribution in [0.1, 0.15) is 25.8 Å². The van der Waals surface area contributed by atoms with Gasteiger partial charge in [0.1, 0.15) is 0 Å². The normalized spacial score (nSPS) is 21.2. The third kappa shape index (κ3) is 4.77. The fraction of sp³-hybridized carbons (Fsp3) is 0.562. The number of nitrogens with one attached hydrogen (secondary N) is 2. The first-order valence-corrected chi connectivity index (χ1v) is 7.20. The number of alkyl halides is 2. The lowest BCUT2D eigenvalue weighted by Gasteiger charge is -2.26. The van der Waals surface area contributed by atoms with E-state index in [1.165, 1.54) is 5.56 Å². The maximum Gasteiger partial charge on any atom is 0.262 e. The Kier molecular flexibility index (Phi) is 4.61. The van der Waals surface area contributed by atoms with Gasteiger partial charge in [-0.15, -0.1) is 0 Å². The van der Waals surface area contributed by atoms with Gasteiger partial charge in [-0.3, -0.25) is 10.1 Å². The zero-order valence-corrected chi connectivity index (χ0v) is 12.5. The molecule has 0 radical (unpaired) electrons. The molecule has 1 heterocycles. The molecule has 21 heavy (non-hydrogen) atoms. The maximum absolute atomic E-state index is 13.1. The van der Waals surface area contributed by atoms with Crippen LogP contribution in [0.4, 0.5) is 8.78 Å². The average molecular weight is 296 g/mol. The van der Waals surface area contributed by atoms with E-state index >= 15 is 0 Å². The van der Waals surface area contributed by atoms with Crippen molar-refractivity contribution in [3.63, 3.8) is 0 Å². The van der Waals surface area contributed by atoms with Crippen molar-refractivity contribution in [2.75, 3.05) is 13.1 Å². The second kappa shape index (κ2) is 6.10. The van der Waals surface area contributed by atoms with Gasteiger partial charge in [-0.2, -0.15) is 0 Å². The molecule has 1 atom stereocenters. The predicted molar refractivity (Wildman–Crippen MR) is 78.3 cm³/mol. The Morgan fingerprint density at radius 1 is 1.38 bits per heavy atom. The van der Waals surface area contributed by atoms with Gasteiger partial charge < -0.3 is 5.32 Å². The minimum atomic E-state index is -2.78. The number of hydrogen-bond acceptors (Lipinski definition) is 2. The van der Waals surface area contributed by atoms with E-state index in [4.69, 9.17) is 0 Å². The van der Waals surface area contributed by atoms with E-state index in [0.717, 1.165) is 6.42 Å². The molecule has 0 bridgehead atoms. The number of benzene rings is 1.